The molecule has 92 valence electrons. The largest absolute Gasteiger partial charge is 0.330 e. The highest BCUT2D eigenvalue weighted by Gasteiger charge is 2.05. The van der Waals surface area contributed by atoms with E-state index in [1.807, 2.05) is 4.57 Å². The second-order valence-corrected chi connectivity index (χ2v) is 5.17. The molecule has 0 unspecified atom stereocenters. The third-order valence-corrected chi connectivity index (χ3v) is 3.22. The zero-order valence-corrected chi connectivity index (χ0v) is 11.0. The summed E-state index contributed by atoms with van der Waals surface area (Å²) in [4.78, 5) is 3.04. The van der Waals surface area contributed by atoms with Gasteiger partial charge in [0.2, 0.25) is 0 Å². The molecule has 2 aromatic rings. The maximum atomic E-state index is 13.1. The van der Waals surface area contributed by atoms with Crippen molar-refractivity contribution in [2.75, 3.05) is 0 Å². The number of hydrogen-bond acceptors (Lipinski definition) is 1. The maximum absolute atomic E-state index is 13.1. The molecule has 0 fully saturated rings. The Bertz CT molecular complexity index is 568. The van der Waals surface area contributed by atoms with E-state index in [1.165, 1.54) is 18.6 Å². The fourth-order valence-electron chi connectivity index (χ4n) is 2.02. The average Bonchev–Trinajstić information content (AvgIpc) is 2.54. The minimum atomic E-state index is -0.233. The first-order chi connectivity index (χ1) is 8.08. The number of nitrogens with zero attached hydrogens (tertiary/aromatic N) is 1. The summed E-state index contributed by atoms with van der Waals surface area (Å²) in [5, 5.41) is 0. The lowest BCUT2D eigenvalue weighted by atomic mass is 10.1. The summed E-state index contributed by atoms with van der Waals surface area (Å²) >= 11 is 5.26. The van der Waals surface area contributed by atoms with Gasteiger partial charge in [0.1, 0.15) is 5.82 Å². The Morgan fingerprint density at radius 1 is 1.41 bits per heavy atom. The van der Waals surface area contributed by atoms with Gasteiger partial charge in [0.15, 0.2) is 4.77 Å². The van der Waals surface area contributed by atoms with Crippen LogP contribution in [-0.4, -0.2) is 9.55 Å². The molecule has 0 aliphatic heterocycles. The van der Waals surface area contributed by atoms with E-state index in [0.717, 1.165) is 24.0 Å². The van der Waals surface area contributed by atoms with E-state index in [0.29, 0.717) is 10.7 Å². The number of imidazole rings is 1. The van der Waals surface area contributed by atoms with Gasteiger partial charge in [-0.2, -0.15) is 0 Å². The van der Waals surface area contributed by atoms with Crippen LogP contribution < -0.4 is 0 Å². The summed E-state index contributed by atoms with van der Waals surface area (Å²) in [6.45, 7) is 5.32. The van der Waals surface area contributed by atoms with Crippen molar-refractivity contribution >= 4 is 23.3 Å². The van der Waals surface area contributed by atoms with E-state index in [4.69, 9.17) is 12.2 Å². The number of aryl methyl sites for hydroxylation is 1. The highest BCUT2D eigenvalue weighted by Crippen LogP contribution is 2.17. The van der Waals surface area contributed by atoms with Crippen molar-refractivity contribution in [2.24, 2.45) is 5.92 Å². The molecule has 0 saturated heterocycles. The van der Waals surface area contributed by atoms with E-state index < -0.39 is 0 Å². The summed E-state index contributed by atoms with van der Waals surface area (Å²) in [6.07, 6.45) is 2.27. The Hall–Kier alpha value is -1.16. The highest BCUT2D eigenvalue weighted by molar-refractivity contribution is 7.71. The average molecular weight is 252 g/mol. The summed E-state index contributed by atoms with van der Waals surface area (Å²) in [5.41, 5.74) is 1.76. The zero-order valence-electron chi connectivity index (χ0n) is 10.2. The second kappa shape index (κ2) is 5.00. The van der Waals surface area contributed by atoms with Crippen LogP contribution in [0.3, 0.4) is 0 Å². The van der Waals surface area contributed by atoms with Crippen molar-refractivity contribution in [1.29, 1.82) is 0 Å². The third-order valence-electron chi connectivity index (χ3n) is 2.90. The van der Waals surface area contributed by atoms with Crippen LogP contribution >= 0.6 is 12.2 Å². The molecular weight excluding hydrogens is 235 g/mol. The molecular formula is C13H17FN2S. The molecule has 1 heterocycles. The number of halogens is 1. The van der Waals surface area contributed by atoms with Crippen LogP contribution in [-0.2, 0) is 6.54 Å². The topological polar surface area (TPSA) is 20.7 Å². The normalized spacial score (nSPS) is 11.5. The van der Waals surface area contributed by atoms with Crippen LogP contribution in [0.4, 0.5) is 4.39 Å². The molecule has 0 saturated carbocycles. The molecule has 0 aliphatic carbocycles. The summed E-state index contributed by atoms with van der Waals surface area (Å²) in [5.74, 6) is 0.468. The lowest BCUT2D eigenvalue weighted by molar-refractivity contribution is 0.515. The number of fused-ring (bicyclic) bond motifs is 1. The molecule has 0 radical (unpaired) electrons. The number of nitrogens with one attached hydrogen (secondary N) is 1. The Morgan fingerprint density at radius 2 is 2.18 bits per heavy atom. The summed E-state index contributed by atoms with van der Waals surface area (Å²) < 4.78 is 15.8. The van der Waals surface area contributed by atoms with Crippen LogP contribution in [0.1, 0.15) is 26.7 Å². The van der Waals surface area contributed by atoms with E-state index >= 15 is 0 Å². The van der Waals surface area contributed by atoms with Gasteiger partial charge in [-0.25, -0.2) is 4.39 Å². The van der Waals surface area contributed by atoms with Crippen LogP contribution in [0.5, 0.6) is 0 Å². The van der Waals surface area contributed by atoms with Crippen molar-refractivity contribution in [2.45, 2.75) is 33.2 Å². The van der Waals surface area contributed by atoms with Crippen LogP contribution in [0.2, 0.25) is 0 Å². The Labute approximate surface area is 105 Å². The zero-order chi connectivity index (χ0) is 12.4. The second-order valence-electron chi connectivity index (χ2n) is 4.78. The molecule has 2 rings (SSSR count). The monoisotopic (exact) mass is 252 g/mol. The molecule has 0 aliphatic rings. The van der Waals surface area contributed by atoms with Crippen molar-refractivity contribution in [1.82, 2.24) is 9.55 Å². The molecule has 0 atom stereocenters. The van der Waals surface area contributed by atoms with Gasteiger partial charge in [-0.15, -0.1) is 0 Å². The smallest absolute Gasteiger partial charge is 0.178 e. The van der Waals surface area contributed by atoms with Gasteiger partial charge in [0, 0.05) is 6.54 Å². The minimum Gasteiger partial charge on any atom is -0.330 e. The van der Waals surface area contributed by atoms with E-state index in [2.05, 4.69) is 18.8 Å². The molecule has 17 heavy (non-hydrogen) atoms. The van der Waals surface area contributed by atoms with Crippen LogP contribution in [0.15, 0.2) is 18.2 Å². The molecule has 0 spiro atoms. The molecule has 1 N–H and O–H groups in total. The summed E-state index contributed by atoms with van der Waals surface area (Å²) in [7, 11) is 0. The Kier molecular flexibility index (Phi) is 3.62. The van der Waals surface area contributed by atoms with Gasteiger partial charge >= 0.3 is 0 Å². The van der Waals surface area contributed by atoms with Gasteiger partial charge < -0.3 is 9.55 Å². The third kappa shape index (κ3) is 2.75. The number of rotatable bonds is 4. The fraction of sp³-hybridized carbons (Fsp3) is 0.462. The lowest BCUT2D eigenvalue weighted by Gasteiger charge is -2.06. The quantitative estimate of drug-likeness (QED) is 0.806. The number of aromatic nitrogens is 2. The fourth-order valence-corrected chi connectivity index (χ4v) is 2.32. The highest BCUT2D eigenvalue weighted by atomic mass is 32.1. The number of aromatic amines is 1. The number of hydrogen-bond donors (Lipinski definition) is 1. The summed E-state index contributed by atoms with van der Waals surface area (Å²) in [6, 6.07) is 4.75. The van der Waals surface area contributed by atoms with Gasteiger partial charge in [0.05, 0.1) is 11.0 Å². The molecule has 2 nitrogen and oxygen atoms in total. The minimum absolute atomic E-state index is 0.233. The first-order valence-electron chi connectivity index (χ1n) is 5.96. The van der Waals surface area contributed by atoms with Crippen molar-refractivity contribution in [3.05, 3.63) is 28.8 Å². The van der Waals surface area contributed by atoms with Gasteiger partial charge in [-0.3, -0.25) is 0 Å². The van der Waals surface area contributed by atoms with Crippen molar-refractivity contribution in [3.63, 3.8) is 0 Å². The van der Waals surface area contributed by atoms with Gasteiger partial charge in [-0.1, -0.05) is 13.8 Å². The van der Waals surface area contributed by atoms with E-state index in [9.17, 15) is 4.39 Å². The number of benzene rings is 1. The molecule has 1 aromatic heterocycles. The predicted molar refractivity (Wildman–Crippen MR) is 71.2 cm³/mol. The van der Waals surface area contributed by atoms with Gasteiger partial charge in [-0.05, 0) is 49.2 Å². The van der Waals surface area contributed by atoms with Crippen molar-refractivity contribution in [3.8, 4) is 0 Å². The predicted octanol–water partition coefficient (Wildman–Crippen LogP) is 4.27. The van der Waals surface area contributed by atoms with Crippen LogP contribution in [0, 0.1) is 16.5 Å². The van der Waals surface area contributed by atoms with Crippen molar-refractivity contribution < 1.29 is 4.39 Å². The van der Waals surface area contributed by atoms with Gasteiger partial charge in [0.25, 0.3) is 0 Å². The lowest BCUT2D eigenvalue weighted by Crippen LogP contribution is -1.99. The maximum Gasteiger partial charge on any atom is 0.178 e. The Balaban J connectivity index is 2.27. The SMILES string of the molecule is CC(C)CCCn1c(=S)[nH]c2cc(F)ccc21. The molecule has 0 bridgehead atoms. The molecule has 1 aromatic carbocycles. The molecule has 0 amide bonds. The number of H-pyrrole nitrogens is 1. The first-order valence-corrected chi connectivity index (χ1v) is 6.37. The van der Waals surface area contributed by atoms with Crippen LogP contribution in [0.25, 0.3) is 11.0 Å². The first kappa shape index (κ1) is 12.3. The standard InChI is InChI=1S/C13H17FN2S/c1-9(2)4-3-7-16-12-6-5-10(14)8-11(12)15-13(16)17/h5-6,8-9H,3-4,7H2,1-2H3,(H,15,17). The Morgan fingerprint density at radius 3 is 2.88 bits per heavy atom. The molecule has 4 heteroatoms. The van der Waals surface area contributed by atoms with E-state index in [1.54, 1.807) is 6.07 Å². The van der Waals surface area contributed by atoms with E-state index in [-0.39, 0.29) is 5.82 Å².